The van der Waals surface area contributed by atoms with E-state index in [1.807, 2.05) is 0 Å². The van der Waals surface area contributed by atoms with E-state index in [1.165, 1.54) is 31.3 Å². The molecule has 4 N–H and O–H groups in total. The second kappa shape index (κ2) is 9.05. The second-order valence-electron chi connectivity index (χ2n) is 5.20. The molecule has 0 atom stereocenters. The van der Waals surface area contributed by atoms with E-state index in [9.17, 15) is 21.6 Å². The maximum absolute atomic E-state index is 12.3. The predicted molar refractivity (Wildman–Crippen MR) is 99.0 cm³/mol. The highest BCUT2D eigenvalue weighted by atomic mass is 32.3. The van der Waals surface area contributed by atoms with E-state index < -0.39 is 38.5 Å². The van der Waals surface area contributed by atoms with Crippen molar-refractivity contribution in [3.63, 3.8) is 0 Å². The van der Waals surface area contributed by atoms with Gasteiger partial charge >= 0.3 is 10.4 Å². The molecule has 11 nitrogen and oxygen atoms in total. The summed E-state index contributed by atoms with van der Waals surface area (Å²) in [6.07, 6.45) is 0. The maximum atomic E-state index is 12.3. The quantitative estimate of drug-likeness (QED) is 0.159. The Balaban J connectivity index is 2.96. The lowest BCUT2D eigenvalue weighted by Gasteiger charge is -2.18. The number of nitrogens with one attached hydrogen (secondary N) is 1. The molecule has 1 aromatic carbocycles. The first kappa shape index (κ1) is 22.7. The summed E-state index contributed by atoms with van der Waals surface area (Å²) in [6.45, 7) is 4.47. The molecule has 13 heteroatoms. The van der Waals surface area contributed by atoms with Crippen LogP contribution in [0.25, 0.3) is 0 Å². The number of hydrogen-bond donors (Lipinski definition) is 3. The smallest absolute Gasteiger partial charge is 0.312 e. The van der Waals surface area contributed by atoms with E-state index in [0.29, 0.717) is 5.57 Å². The Morgan fingerprint density at radius 3 is 2.30 bits per heavy atom. The van der Waals surface area contributed by atoms with Crippen LogP contribution < -0.4 is 16.3 Å². The highest BCUT2D eigenvalue weighted by molar-refractivity contribution is 7.91. The molecule has 0 radical (unpaired) electrons. The van der Waals surface area contributed by atoms with Gasteiger partial charge in [0.15, 0.2) is 15.5 Å². The zero-order valence-electron chi connectivity index (χ0n) is 14.6. The van der Waals surface area contributed by atoms with Gasteiger partial charge in [-0.05, 0) is 36.8 Å². The average Bonchev–Trinajstić information content (AvgIpc) is 2.57. The summed E-state index contributed by atoms with van der Waals surface area (Å²) in [5.74, 6) is 4.43. The fraction of sp³-hybridized carbons (Fsp3) is 0.286. The van der Waals surface area contributed by atoms with E-state index in [2.05, 4.69) is 21.3 Å². The average molecular weight is 420 g/mol. The number of sulfone groups is 1. The van der Waals surface area contributed by atoms with Crippen molar-refractivity contribution < 1.29 is 30.4 Å². The number of nitrogens with two attached hydrogens (primary N) is 1. The van der Waals surface area contributed by atoms with Gasteiger partial charge in [0.05, 0.1) is 22.9 Å². The van der Waals surface area contributed by atoms with Gasteiger partial charge in [-0.25, -0.2) is 23.5 Å². The first-order valence-corrected chi connectivity index (χ1v) is 10.3. The number of amides is 1. The minimum absolute atomic E-state index is 0.000871. The maximum Gasteiger partial charge on any atom is 0.397 e. The molecule has 0 bridgehead atoms. The second-order valence-corrected chi connectivity index (χ2v) is 8.40. The Morgan fingerprint density at radius 1 is 1.30 bits per heavy atom. The van der Waals surface area contributed by atoms with E-state index in [-0.39, 0.29) is 16.3 Å². The minimum Gasteiger partial charge on any atom is -0.312 e. The van der Waals surface area contributed by atoms with Gasteiger partial charge in [-0.3, -0.25) is 9.35 Å². The van der Waals surface area contributed by atoms with E-state index in [4.69, 9.17) is 10.4 Å². The molecule has 1 aromatic rings. The summed E-state index contributed by atoms with van der Waals surface area (Å²) in [7, 11) is -7.10. The molecule has 0 aliphatic carbocycles. The van der Waals surface area contributed by atoms with Crippen LogP contribution in [0.15, 0.2) is 46.4 Å². The van der Waals surface area contributed by atoms with Gasteiger partial charge in [0.2, 0.25) is 0 Å². The van der Waals surface area contributed by atoms with Crippen LogP contribution in [0.3, 0.4) is 0 Å². The van der Waals surface area contributed by atoms with Crippen molar-refractivity contribution in [2.75, 3.05) is 24.4 Å². The van der Waals surface area contributed by atoms with Crippen molar-refractivity contribution in [3.05, 3.63) is 36.4 Å². The van der Waals surface area contributed by atoms with E-state index in [1.54, 1.807) is 6.92 Å². The molecule has 1 rings (SSSR count). The lowest BCUT2D eigenvalue weighted by molar-refractivity contribution is -0.112. The van der Waals surface area contributed by atoms with Crippen molar-refractivity contribution in [2.45, 2.75) is 11.8 Å². The number of hydrogen-bond acceptors (Lipinski definition) is 9. The van der Waals surface area contributed by atoms with Crippen LogP contribution in [-0.2, 0) is 29.2 Å². The van der Waals surface area contributed by atoms with Gasteiger partial charge in [0, 0.05) is 7.05 Å². The van der Waals surface area contributed by atoms with Gasteiger partial charge in [-0.1, -0.05) is 6.58 Å². The minimum atomic E-state index is -4.72. The number of carbonyl (C=O) groups excluding carboxylic acids is 1. The molecule has 150 valence electrons. The van der Waals surface area contributed by atoms with Crippen LogP contribution in [0.1, 0.15) is 6.92 Å². The Kier molecular flexibility index (Phi) is 7.62. The molecule has 0 heterocycles. The van der Waals surface area contributed by atoms with E-state index >= 15 is 0 Å². The van der Waals surface area contributed by atoms with Crippen molar-refractivity contribution in [2.24, 2.45) is 10.9 Å². The summed E-state index contributed by atoms with van der Waals surface area (Å²) in [4.78, 5) is 12.2. The monoisotopic (exact) mass is 420 g/mol. The Bertz CT molecular complexity index is 938. The lowest BCUT2D eigenvalue weighted by Crippen LogP contribution is -2.43. The van der Waals surface area contributed by atoms with Crippen molar-refractivity contribution >= 4 is 37.5 Å². The van der Waals surface area contributed by atoms with Crippen LogP contribution in [0.4, 0.5) is 5.69 Å². The standard InChI is InChI=1S/C14H20N4O7S2/c1-10(2)13(17-16-3)14(19)18(15)11-4-6-12(7-5-11)26(20,21)9-8-25-27(22,23)24/h4-7,16H,1,8-9,15H2,2-3H3,(H,22,23,24). The van der Waals surface area contributed by atoms with Crippen LogP contribution >= 0.6 is 0 Å². The van der Waals surface area contributed by atoms with Crippen LogP contribution in [0.2, 0.25) is 0 Å². The van der Waals surface area contributed by atoms with E-state index in [0.717, 1.165) is 5.01 Å². The molecule has 0 aliphatic rings. The molecule has 0 saturated carbocycles. The molecule has 0 aromatic heterocycles. The largest absolute Gasteiger partial charge is 0.397 e. The number of hydrazone groups is 1. The zero-order valence-corrected chi connectivity index (χ0v) is 16.2. The van der Waals surface area contributed by atoms with Crippen LogP contribution in [-0.4, -0.2) is 52.4 Å². The molecule has 0 unspecified atom stereocenters. The van der Waals surface area contributed by atoms with Gasteiger partial charge in [-0.2, -0.15) is 13.5 Å². The van der Waals surface area contributed by atoms with Crippen molar-refractivity contribution in [3.8, 4) is 0 Å². The van der Waals surface area contributed by atoms with Crippen molar-refractivity contribution in [1.29, 1.82) is 0 Å². The molecule has 0 spiro atoms. The first-order chi connectivity index (χ1) is 12.4. The third-order valence-electron chi connectivity index (χ3n) is 3.11. The van der Waals surface area contributed by atoms with Crippen molar-refractivity contribution in [1.82, 2.24) is 5.43 Å². The molecular formula is C14H20N4O7S2. The number of hydrazine groups is 1. The predicted octanol–water partition coefficient (Wildman–Crippen LogP) is -0.362. The first-order valence-electron chi connectivity index (χ1n) is 7.33. The number of carbonyl (C=O) groups is 1. The van der Waals surface area contributed by atoms with Gasteiger partial charge < -0.3 is 5.43 Å². The topological polar surface area (TPSA) is 168 Å². The summed E-state index contributed by atoms with van der Waals surface area (Å²) in [5.41, 5.74) is 3.04. The Hall–Kier alpha value is -2.32. The highest BCUT2D eigenvalue weighted by Gasteiger charge is 2.21. The van der Waals surface area contributed by atoms with Crippen LogP contribution in [0.5, 0.6) is 0 Å². The summed E-state index contributed by atoms with van der Waals surface area (Å²) >= 11 is 0. The Labute approximate surface area is 157 Å². The third-order valence-corrected chi connectivity index (χ3v) is 5.27. The molecular weight excluding hydrogens is 400 g/mol. The molecule has 0 fully saturated rings. The van der Waals surface area contributed by atoms with Crippen LogP contribution in [0, 0.1) is 0 Å². The number of nitrogens with zero attached hydrogens (tertiary/aromatic N) is 2. The zero-order chi connectivity index (χ0) is 20.8. The van der Waals surface area contributed by atoms with Gasteiger partial charge in [-0.15, -0.1) is 0 Å². The Morgan fingerprint density at radius 2 is 1.85 bits per heavy atom. The molecule has 27 heavy (non-hydrogen) atoms. The normalized spacial score (nSPS) is 12.5. The third kappa shape index (κ3) is 6.73. The van der Waals surface area contributed by atoms with Gasteiger partial charge in [0.1, 0.15) is 0 Å². The summed E-state index contributed by atoms with van der Waals surface area (Å²) in [6, 6.07) is 4.98. The SMILES string of the molecule is C=C(C)C(=NNC)C(=O)N(N)c1ccc(S(=O)(=O)CCOS(=O)(=O)O)cc1. The number of benzene rings is 1. The molecule has 1 amide bonds. The fourth-order valence-electron chi connectivity index (χ4n) is 1.85. The van der Waals surface area contributed by atoms with Gasteiger partial charge in [0.25, 0.3) is 5.91 Å². The number of anilines is 1. The summed E-state index contributed by atoms with van der Waals surface area (Å²) < 4.78 is 57.6. The molecule has 0 aliphatic heterocycles. The summed E-state index contributed by atoms with van der Waals surface area (Å²) in [5, 5.41) is 4.58. The fourth-order valence-corrected chi connectivity index (χ4v) is 3.34. The number of rotatable bonds is 9. The highest BCUT2D eigenvalue weighted by Crippen LogP contribution is 2.18. The molecule has 0 saturated heterocycles. The lowest BCUT2D eigenvalue weighted by atomic mass is 10.2.